The van der Waals surface area contributed by atoms with Gasteiger partial charge >= 0.3 is 5.97 Å². The van der Waals surface area contributed by atoms with E-state index in [9.17, 15) is 4.79 Å². The Hall–Kier alpha value is -1.49. The number of esters is 1. The first-order chi connectivity index (χ1) is 5.65. The molecule has 1 aromatic rings. The van der Waals surface area contributed by atoms with E-state index >= 15 is 0 Å². The Kier molecular flexibility index (Phi) is 4.00. The summed E-state index contributed by atoms with van der Waals surface area (Å²) >= 11 is 0. The van der Waals surface area contributed by atoms with Crippen molar-refractivity contribution in [2.45, 2.75) is 0 Å². The molecule has 1 rings (SSSR count). The van der Waals surface area contributed by atoms with E-state index in [-0.39, 0.29) is 29.8 Å². The smallest absolute Gasteiger partial charge is 0.373 e. The molecule has 0 saturated heterocycles. The van der Waals surface area contributed by atoms with E-state index in [2.05, 4.69) is 4.74 Å². The lowest BCUT2D eigenvalue weighted by Gasteiger charge is -1.92. The highest BCUT2D eigenvalue weighted by Gasteiger charge is 2.11. The number of nitrogens with one attached hydrogen (secondary N) is 1. The van der Waals surface area contributed by atoms with Crippen LogP contribution in [-0.4, -0.2) is 18.9 Å². The quantitative estimate of drug-likeness (QED) is 0.423. The second-order valence-corrected chi connectivity index (χ2v) is 2.07. The van der Waals surface area contributed by atoms with Crippen molar-refractivity contribution >= 4 is 24.2 Å². The molecule has 1 aromatic heterocycles. The number of hydrogen-bond acceptors (Lipinski definition) is 4. The van der Waals surface area contributed by atoms with Crippen LogP contribution in [0.1, 0.15) is 16.3 Å². The van der Waals surface area contributed by atoms with Crippen LogP contribution in [0.3, 0.4) is 0 Å². The van der Waals surface area contributed by atoms with Crippen molar-refractivity contribution in [2.24, 2.45) is 5.73 Å². The first kappa shape index (κ1) is 11.5. The number of methoxy groups -OCH3 is 1. The van der Waals surface area contributed by atoms with Crippen LogP contribution in [0, 0.1) is 5.41 Å². The Bertz CT molecular complexity index is 321. The van der Waals surface area contributed by atoms with Crippen LogP contribution in [0.2, 0.25) is 0 Å². The van der Waals surface area contributed by atoms with Gasteiger partial charge in [0, 0.05) is 0 Å². The summed E-state index contributed by atoms with van der Waals surface area (Å²) in [5, 5.41) is 6.98. The Balaban J connectivity index is 0.00000144. The Labute approximate surface area is 80.8 Å². The van der Waals surface area contributed by atoms with Gasteiger partial charge < -0.3 is 14.9 Å². The van der Waals surface area contributed by atoms with Crippen molar-refractivity contribution in [2.75, 3.05) is 7.11 Å². The number of halogens is 1. The van der Waals surface area contributed by atoms with Crippen molar-refractivity contribution in [1.29, 1.82) is 5.41 Å². The van der Waals surface area contributed by atoms with E-state index in [1.165, 1.54) is 19.2 Å². The maximum atomic E-state index is 10.8. The van der Waals surface area contributed by atoms with Crippen molar-refractivity contribution < 1.29 is 13.9 Å². The van der Waals surface area contributed by atoms with Gasteiger partial charge in [0.25, 0.3) is 0 Å². The van der Waals surface area contributed by atoms with Gasteiger partial charge in [-0.1, -0.05) is 0 Å². The Morgan fingerprint density at radius 3 is 2.46 bits per heavy atom. The van der Waals surface area contributed by atoms with E-state index < -0.39 is 5.97 Å². The molecule has 0 aliphatic heterocycles. The predicted octanol–water partition coefficient (Wildman–Crippen LogP) is 0.772. The summed E-state index contributed by atoms with van der Waals surface area (Å²) in [6.07, 6.45) is 0. The monoisotopic (exact) mass is 204 g/mol. The number of amidine groups is 1. The van der Waals surface area contributed by atoms with Crippen LogP contribution in [0.4, 0.5) is 0 Å². The van der Waals surface area contributed by atoms with Crippen LogP contribution < -0.4 is 5.73 Å². The molecule has 0 fully saturated rings. The van der Waals surface area contributed by atoms with E-state index in [0.717, 1.165) is 0 Å². The van der Waals surface area contributed by atoms with E-state index in [0.29, 0.717) is 0 Å². The minimum absolute atomic E-state index is 0. The van der Waals surface area contributed by atoms with Crippen molar-refractivity contribution in [3.8, 4) is 0 Å². The molecule has 0 aliphatic rings. The number of carbonyl (C=O) groups excluding carboxylic acids is 1. The zero-order valence-electron chi connectivity index (χ0n) is 6.87. The Morgan fingerprint density at radius 2 is 2.08 bits per heavy atom. The second-order valence-electron chi connectivity index (χ2n) is 2.07. The second kappa shape index (κ2) is 4.51. The number of nitrogens with two attached hydrogens (primary N) is 1. The summed E-state index contributed by atoms with van der Waals surface area (Å²) in [6.45, 7) is 0. The summed E-state index contributed by atoms with van der Waals surface area (Å²) in [7, 11) is 1.25. The molecule has 0 saturated carbocycles. The highest BCUT2D eigenvalue weighted by molar-refractivity contribution is 5.94. The highest BCUT2D eigenvalue weighted by Crippen LogP contribution is 2.07. The average Bonchev–Trinajstić information content (AvgIpc) is 2.51. The van der Waals surface area contributed by atoms with Crippen LogP contribution >= 0.6 is 12.4 Å². The van der Waals surface area contributed by atoms with Crippen molar-refractivity contribution in [3.63, 3.8) is 0 Å². The van der Waals surface area contributed by atoms with Gasteiger partial charge in [0.1, 0.15) is 0 Å². The topological polar surface area (TPSA) is 89.3 Å². The molecule has 0 amide bonds. The molecule has 0 aliphatic carbocycles. The predicted molar refractivity (Wildman–Crippen MR) is 48.3 cm³/mol. The molecule has 72 valence electrons. The minimum Gasteiger partial charge on any atom is -0.463 e. The molecule has 3 N–H and O–H groups in total. The van der Waals surface area contributed by atoms with Gasteiger partial charge in [0.2, 0.25) is 5.76 Å². The molecule has 0 atom stereocenters. The maximum Gasteiger partial charge on any atom is 0.373 e. The lowest BCUT2D eigenvalue weighted by molar-refractivity contribution is 0.0564. The first-order valence-corrected chi connectivity index (χ1v) is 3.17. The van der Waals surface area contributed by atoms with Crippen molar-refractivity contribution in [1.82, 2.24) is 0 Å². The fraction of sp³-hybridized carbons (Fsp3) is 0.143. The summed E-state index contributed by atoms with van der Waals surface area (Å²) in [5.74, 6) is -0.592. The third-order valence-electron chi connectivity index (χ3n) is 1.26. The highest BCUT2D eigenvalue weighted by atomic mass is 35.5. The maximum absolute atomic E-state index is 10.8. The molecular weight excluding hydrogens is 196 g/mol. The van der Waals surface area contributed by atoms with Gasteiger partial charge in [-0.15, -0.1) is 12.4 Å². The fourth-order valence-corrected chi connectivity index (χ4v) is 0.693. The standard InChI is InChI=1S/C7H8N2O3.ClH/c1-11-7(10)5-3-2-4(12-5)6(8)9;/h2-3H,1H3,(H3,8,9);1H. The lowest BCUT2D eigenvalue weighted by atomic mass is 10.4. The molecule has 0 aromatic carbocycles. The SMILES string of the molecule is COC(=O)c1ccc(C(=N)N)o1.Cl. The number of carbonyl (C=O) groups is 1. The van der Waals surface area contributed by atoms with E-state index in [1.807, 2.05) is 0 Å². The van der Waals surface area contributed by atoms with Crippen LogP contribution in [0.15, 0.2) is 16.5 Å². The summed E-state index contributed by atoms with van der Waals surface area (Å²) < 4.78 is 9.26. The lowest BCUT2D eigenvalue weighted by Crippen LogP contribution is -2.09. The summed E-state index contributed by atoms with van der Waals surface area (Å²) in [4.78, 5) is 10.8. The van der Waals surface area contributed by atoms with E-state index in [4.69, 9.17) is 15.6 Å². The van der Waals surface area contributed by atoms with E-state index in [1.54, 1.807) is 0 Å². The first-order valence-electron chi connectivity index (χ1n) is 3.17. The molecule has 0 unspecified atom stereocenters. The number of furan rings is 1. The molecule has 0 bridgehead atoms. The number of ether oxygens (including phenoxy) is 1. The molecule has 1 heterocycles. The van der Waals surface area contributed by atoms with Gasteiger partial charge in [0.05, 0.1) is 7.11 Å². The van der Waals surface area contributed by atoms with Gasteiger partial charge in [-0.3, -0.25) is 5.41 Å². The van der Waals surface area contributed by atoms with Crippen molar-refractivity contribution in [3.05, 3.63) is 23.7 Å². The average molecular weight is 205 g/mol. The Morgan fingerprint density at radius 1 is 1.54 bits per heavy atom. The number of rotatable bonds is 2. The zero-order chi connectivity index (χ0) is 9.14. The largest absolute Gasteiger partial charge is 0.463 e. The normalized spacial score (nSPS) is 8.69. The third-order valence-corrected chi connectivity index (χ3v) is 1.26. The van der Waals surface area contributed by atoms with Gasteiger partial charge in [0.15, 0.2) is 11.6 Å². The molecule has 0 radical (unpaired) electrons. The summed E-state index contributed by atoms with van der Waals surface area (Å²) in [5.41, 5.74) is 5.11. The summed E-state index contributed by atoms with van der Waals surface area (Å²) in [6, 6.07) is 2.84. The minimum atomic E-state index is -0.581. The van der Waals surface area contributed by atoms with Crippen LogP contribution in [0.5, 0.6) is 0 Å². The molecule has 6 heteroatoms. The molecule has 0 spiro atoms. The number of nitrogen functional groups attached to an aromatic ring is 1. The van der Waals surface area contributed by atoms with Crippen LogP contribution in [-0.2, 0) is 4.74 Å². The number of hydrogen-bond donors (Lipinski definition) is 2. The van der Waals surface area contributed by atoms with Gasteiger partial charge in [-0.25, -0.2) is 4.79 Å². The fourth-order valence-electron chi connectivity index (χ4n) is 0.693. The van der Waals surface area contributed by atoms with Crippen LogP contribution in [0.25, 0.3) is 0 Å². The zero-order valence-corrected chi connectivity index (χ0v) is 7.68. The molecule has 5 nitrogen and oxygen atoms in total. The third kappa shape index (κ3) is 2.48. The van der Waals surface area contributed by atoms with Gasteiger partial charge in [-0.2, -0.15) is 0 Å². The molecule has 13 heavy (non-hydrogen) atoms. The van der Waals surface area contributed by atoms with Gasteiger partial charge in [-0.05, 0) is 12.1 Å². The molecular formula is C7H9ClN2O3.